The number of aliphatic carboxylic acids is 1. The summed E-state index contributed by atoms with van der Waals surface area (Å²) < 4.78 is 27.1. The molecule has 2 amide bonds. The van der Waals surface area contributed by atoms with E-state index in [0.717, 1.165) is 61.5 Å². The third kappa shape index (κ3) is 9.37. The Morgan fingerprint density at radius 3 is 2.65 bits per heavy atom. The molecule has 2 aromatic carbocycles. The van der Waals surface area contributed by atoms with Gasteiger partial charge in [0, 0.05) is 50.8 Å². The number of carbonyl (C=O) groups is 2. The molecule has 1 fully saturated rings. The number of benzene rings is 2. The molecular weight excluding hydrogens is 613 g/mol. The van der Waals surface area contributed by atoms with Crippen molar-refractivity contribution >= 4 is 17.8 Å². The van der Waals surface area contributed by atoms with Gasteiger partial charge in [0.05, 0.1) is 19.1 Å². The van der Waals surface area contributed by atoms with Crippen molar-refractivity contribution in [2.75, 3.05) is 38.1 Å². The number of carbonyl (C=O) groups excluding carboxylic acids is 1. The van der Waals surface area contributed by atoms with Gasteiger partial charge in [-0.05, 0) is 93.5 Å². The van der Waals surface area contributed by atoms with E-state index in [1.807, 2.05) is 51.1 Å². The topological polar surface area (TPSA) is 130 Å². The van der Waals surface area contributed by atoms with Crippen LogP contribution >= 0.6 is 0 Å². The summed E-state index contributed by atoms with van der Waals surface area (Å²) in [5.41, 5.74) is 9.20. The number of pyridine rings is 1. The first-order valence-electron chi connectivity index (χ1n) is 16.9. The molecule has 0 bridgehead atoms. The number of hydrogen-bond acceptors (Lipinski definition) is 7. The van der Waals surface area contributed by atoms with Crippen molar-refractivity contribution < 1.29 is 28.6 Å². The predicted octanol–water partition coefficient (Wildman–Crippen LogP) is 5.98. The second-order valence-electron chi connectivity index (χ2n) is 13.5. The zero-order chi connectivity index (χ0) is 34.3. The standard InChI is InChI=1S/C37H48FN5O5/c1-25(39)24-37(2,3)48-30-13-8-26(9-14-30)16-21-47-33-15-11-28(22-31(33)38)32(23-34(44)45)43-20-19-42(36(43)46)18-5-7-29-12-10-27-6-4-17-40-35(27)41-29/h8-15,22,25,32H,4-7,16-21,23-24,39H2,1-3H3,(H,40,41)(H,44,45)/t25?,32-/m0/s1. The van der Waals surface area contributed by atoms with Gasteiger partial charge < -0.3 is 35.4 Å². The number of nitrogens with zero attached hydrogens (tertiary/aromatic N) is 3. The molecule has 48 heavy (non-hydrogen) atoms. The van der Waals surface area contributed by atoms with Gasteiger partial charge in [0.25, 0.3) is 0 Å². The molecule has 3 aromatic rings. The molecule has 4 N–H and O–H groups in total. The molecule has 0 saturated carbocycles. The van der Waals surface area contributed by atoms with Gasteiger partial charge in [0.2, 0.25) is 0 Å². The fourth-order valence-corrected chi connectivity index (χ4v) is 6.61. The Balaban J connectivity index is 1.13. The van der Waals surface area contributed by atoms with Crippen molar-refractivity contribution in [3.63, 3.8) is 0 Å². The van der Waals surface area contributed by atoms with Crippen LogP contribution in [0.3, 0.4) is 0 Å². The summed E-state index contributed by atoms with van der Waals surface area (Å²) in [6, 6.07) is 15.3. The van der Waals surface area contributed by atoms with Crippen LogP contribution in [0.1, 0.15) is 74.9 Å². The molecule has 5 rings (SSSR count). The monoisotopic (exact) mass is 661 g/mol. The Kier molecular flexibility index (Phi) is 11.4. The van der Waals surface area contributed by atoms with Crippen molar-refractivity contribution in [2.24, 2.45) is 5.73 Å². The van der Waals surface area contributed by atoms with Crippen LogP contribution in [0.15, 0.2) is 54.6 Å². The normalized spacial score (nSPS) is 15.9. The van der Waals surface area contributed by atoms with Gasteiger partial charge in [0.15, 0.2) is 11.6 Å². The zero-order valence-electron chi connectivity index (χ0n) is 28.2. The maximum absolute atomic E-state index is 15.2. The highest BCUT2D eigenvalue weighted by Crippen LogP contribution is 2.32. The molecule has 1 unspecified atom stereocenters. The molecule has 10 nitrogen and oxygen atoms in total. The fourth-order valence-electron chi connectivity index (χ4n) is 6.61. The number of carboxylic acids is 1. The van der Waals surface area contributed by atoms with Gasteiger partial charge in [-0.25, -0.2) is 14.2 Å². The number of nitrogens with two attached hydrogens (primary N) is 1. The lowest BCUT2D eigenvalue weighted by atomic mass is 10.0. The molecule has 0 spiro atoms. The largest absolute Gasteiger partial charge is 0.490 e. The van der Waals surface area contributed by atoms with Crippen molar-refractivity contribution in [3.05, 3.63) is 82.8 Å². The number of urea groups is 1. The first-order chi connectivity index (χ1) is 23.0. The third-order valence-electron chi connectivity index (χ3n) is 8.80. The molecule has 0 aliphatic carbocycles. The van der Waals surface area contributed by atoms with E-state index in [1.54, 1.807) is 11.0 Å². The van der Waals surface area contributed by atoms with Gasteiger partial charge >= 0.3 is 12.0 Å². The summed E-state index contributed by atoms with van der Waals surface area (Å²) in [4.78, 5) is 33.2. The summed E-state index contributed by atoms with van der Waals surface area (Å²) in [6.45, 7) is 8.53. The maximum atomic E-state index is 15.2. The molecule has 2 aliphatic rings. The van der Waals surface area contributed by atoms with E-state index in [0.29, 0.717) is 31.6 Å². The molecule has 2 atom stereocenters. The number of halogens is 1. The number of amides is 2. The van der Waals surface area contributed by atoms with E-state index in [4.69, 9.17) is 20.2 Å². The quantitative estimate of drug-likeness (QED) is 0.171. The van der Waals surface area contributed by atoms with E-state index in [9.17, 15) is 14.7 Å². The van der Waals surface area contributed by atoms with E-state index in [1.165, 1.54) is 22.6 Å². The summed E-state index contributed by atoms with van der Waals surface area (Å²) in [6.07, 6.45) is 4.57. The highest BCUT2D eigenvalue weighted by molar-refractivity contribution is 5.78. The highest BCUT2D eigenvalue weighted by atomic mass is 19.1. The van der Waals surface area contributed by atoms with Gasteiger partial charge in [-0.1, -0.05) is 24.3 Å². The summed E-state index contributed by atoms with van der Waals surface area (Å²) in [5.74, 6) is 0.122. The Morgan fingerprint density at radius 1 is 1.12 bits per heavy atom. The number of aromatic nitrogens is 1. The maximum Gasteiger partial charge on any atom is 0.320 e. The number of nitrogens with one attached hydrogen (secondary N) is 1. The average molecular weight is 662 g/mol. The minimum Gasteiger partial charge on any atom is -0.490 e. The molecular formula is C37H48FN5O5. The Hall–Kier alpha value is -4.38. The SMILES string of the molecule is CC(N)CC(C)(C)Oc1ccc(CCOc2ccc([C@H](CC(=O)O)N3CCN(CCCc4ccc5c(n4)NCCC5)C3=O)cc2F)cc1. The number of aryl methyl sites for hydroxylation is 2. The van der Waals surface area contributed by atoms with Crippen LogP contribution in [-0.2, 0) is 24.1 Å². The second kappa shape index (κ2) is 15.7. The van der Waals surface area contributed by atoms with E-state index >= 15 is 4.39 Å². The second-order valence-corrected chi connectivity index (χ2v) is 13.5. The van der Waals surface area contributed by atoms with Crippen LogP contribution in [0, 0.1) is 5.82 Å². The van der Waals surface area contributed by atoms with Crippen molar-refractivity contribution in [1.82, 2.24) is 14.8 Å². The highest BCUT2D eigenvalue weighted by Gasteiger charge is 2.35. The molecule has 258 valence electrons. The lowest BCUT2D eigenvalue weighted by molar-refractivity contribution is -0.138. The number of ether oxygens (including phenoxy) is 2. The van der Waals surface area contributed by atoms with Gasteiger partial charge in [0.1, 0.15) is 17.2 Å². The Bertz CT molecular complexity index is 1560. The zero-order valence-corrected chi connectivity index (χ0v) is 28.2. The van der Waals surface area contributed by atoms with Gasteiger partial charge in [-0.3, -0.25) is 4.79 Å². The smallest absolute Gasteiger partial charge is 0.320 e. The lowest BCUT2D eigenvalue weighted by Crippen LogP contribution is -2.36. The minimum absolute atomic E-state index is 0.0315. The molecule has 11 heteroatoms. The summed E-state index contributed by atoms with van der Waals surface area (Å²) >= 11 is 0. The van der Waals surface area contributed by atoms with E-state index < -0.39 is 17.8 Å². The molecule has 3 heterocycles. The summed E-state index contributed by atoms with van der Waals surface area (Å²) in [7, 11) is 0. The number of fused-ring (bicyclic) bond motifs is 1. The molecule has 2 aliphatic heterocycles. The average Bonchev–Trinajstić information content (AvgIpc) is 3.40. The van der Waals surface area contributed by atoms with Gasteiger partial charge in [-0.15, -0.1) is 0 Å². The third-order valence-corrected chi connectivity index (χ3v) is 8.80. The predicted molar refractivity (Wildman–Crippen MR) is 183 cm³/mol. The number of rotatable bonds is 16. The molecule has 0 radical (unpaired) electrons. The Labute approximate surface area is 282 Å². The van der Waals surface area contributed by atoms with Crippen molar-refractivity contribution in [3.8, 4) is 11.5 Å². The number of carboxylic acid groups (broad SMARTS) is 1. The van der Waals surface area contributed by atoms with Crippen LogP contribution in [0.4, 0.5) is 15.0 Å². The first kappa shape index (κ1) is 34.9. The van der Waals surface area contributed by atoms with Crippen molar-refractivity contribution in [1.29, 1.82) is 0 Å². The number of hydrogen-bond donors (Lipinski definition) is 3. The van der Waals surface area contributed by atoms with Crippen LogP contribution in [0.25, 0.3) is 0 Å². The lowest BCUT2D eigenvalue weighted by Gasteiger charge is -2.28. The molecule has 1 saturated heterocycles. The van der Waals surface area contributed by atoms with Crippen LogP contribution in [0.5, 0.6) is 11.5 Å². The first-order valence-corrected chi connectivity index (χ1v) is 16.9. The molecule has 1 aromatic heterocycles. The van der Waals surface area contributed by atoms with Crippen LogP contribution < -0.4 is 20.5 Å². The van der Waals surface area contributed by atoms with E-state index in [2.05, 4.69) is 11.4 Å². The van der Waals surface area contributed by atoms with Gasteiger partial charge in [-0.2, -0.15) is 0 Å². The minimum atomic E-state index is -1.06. The van der Waals surface area contributed by atoms with Crippen LogP contribution in [0.2, 0.25) is 0 Å². The van der Waals surface area contributed by atoms with Crippen LogP contribution in [-0.4, -0.2) is 76.3 Å². The fraction of sp³-hybridized carbons (Fsp3) is 0.486. The Morgan fingerprint density at radius 2 is 1.92 bits per heavy atom. The van der Waals surface area contributed by atoms with Crippen molar-refractivity contribution in [2.45, 2.75) is 83.4 Å². The van der Waals surface area contributed by atoms with E-state index in [-0.39, 0.29) is 36.5 Å². The summed E-state index contributed by atoms with van der Waals surface area (Å²) in [5, 5.41) is 13.0. The number of anilines is 1.